The van der Waals surface area contributed by atoms with E-state index in [1.54, 1.807) is 12.4 Å². The highest BCUT2D eigenvalue weighted by Gasteiger charge is 2.14. The molecule has 0 aliphatic carbocycles. The molecule has 0 spiro atoms. The second kappa shape index (κ2) is 20.8. The summed E-state index contributed by atoms with van der Waals surface area (Å²) >= 11 is 20.0. The molecular weight excluding hydrogens is 823 g/mol. The summed E-state index contributed by atoms with van der Waals surface area (Å²) in [6.07, 6.45) is 4.31. The van der Waals surface area contributed by atoms with Crippen LogP contribution < -0.4 is 20.3 Å². The van der Waals surface area contributed by atoms with Crippen LogP contribution in [0.4, 0.5) is 0 Å². The summed E-state index contributed by atoms with van der Waals surface area (Å²) in [5.41, 5.74) is 7.63. The number of pyridine rings is 2. The van der Waals surface area contributed by atoms with Gasteiger partial charge >= 0.3 is 5.20 Å². The SMILES string of the molecule is Cc1ccc2c(=O)[nH]ccc2c1OCc1ccccc1.Cc1ccc2c(Cl)nccc2c1OCc1ccccc1.Cc1ccc2c(c1O)CCNC2.O=P(Cl)(Cl)Cl. The van der Waals surface area contributed by atoms with Gasteiger partial charge in [0.05, 0.1) is 5.39 Å². The van der Waals surface area contributed by atoms with Crippen molar-refractivity contribution in [2.45, 2.75) is 47.0 Å². The van der Waals surface area contributed by atoms with Gasteiger partial charge in [0, 0.05) is 35.1 Å². The lowest BCUT2D eigenvalue weighted by Gasteiger charge is -2.18. The summed E-state index contributed by atoms with van der Waals surface area (Å²) in [6.45, 7) is 8.87. The minimum absolute atomic E-state index is 0.0907. The molecule has 13 heteroatoms. The summed E-state index contributed by atoms with van der Waals surface area (Å²) in [5, 5.41) is 13.7. The van der Waals surface area contributed by atoms with Crippen molar-refractivity contribution in [3.63, 3.8) is 0 Å². The number of fused-ring (bicyclic) bond motifs is 3. The molecular formula is C44H42Cl4N3O5P. The van der Waals surface area contributed by atoms with Crippen LogP contribution in [0.15, 0.2) is 126 Å². The van der Waals surface area contributed by atoms with Gasteiger partial charge in [0.15, 0.2) is 0 Å². The summed E-state index contributed by atoms with van der Waals surface area (Å²) in [4.78, 5) is 18.6. The Bertz CT molecular complexity index is 2530. The molecule has 0 atom stereocenters. The van der Waals surface area contributed by atoms with Gasteiger partial charge in [-0.15, -0.1) is 0 Å². The standard InChI is InChI=1S/C17H14ClNO.C17H15NO2.C10H13NO.Cl3OP/c1-12-7-8-15-14(9-10-19-17(15)18)16(12)20-11-13-5-3-2-4-6-13;1-12-7-8-15-14(9-10-18-17(15)19)16(12)20-11-13-5-3-2-4-6-13;1-7-2-3-8-6-11-5-4-9(8)10(7)12;1-5(2,3)4/h2-10H,11H2,1H3;2-10H,11H2,1H3,(H,18,19);2-3,11-12H,4-6H2,1H3;. The van der Waals surface area contributed by atoms with Crippen LogP contribution in [0.5, 0.6) is 17.2 Å². The Morgan fingerprint density at radius 2 is 1.23 bits per heavy atom. The van der Waals surface area contributed by atoms with Gasteiger partial charge in [-0.05, 0) is 125 Å². The molecule has 296 valence electrons. The van der Waals surface area contributed by atoms with Crippen molar-refractivity contribution in [2.24, 2.45) is 0 Å². The number of aromatic nitrogens is 2. The fraction of sp³-hybridized carbons (Fsp3) is 0.182. The summed E-state index contributed by atoms with van der Waals surface area (Å²) in [5.74, 6) is 2.14. The van der Waals surface area contributed by atoms with Gasteiger partial charge in [0.25, 0.3) is 5.56 Å². The van der Waals surface area contributed by atoms with Gasteiger partial charge in [0.2, 0.25) is 0 Å². The number of nitrogens with zero attached hydrogens (tertiary/aromatic N) is 1. The average molecular weight is 866 g/mol. The molecule has 5 aromatic carbocycles. The van der Waals surface area contributed by atoms with Crippen LogP contribution >= 0.6 is 50.5 Å². The Balaban J connectivity index is 0.000000158. The highest BCUT2D eigenvalue weighted by atomic mass is 36.0. The molecule has 3 N–H and O–H groups in total. The van der Waals surface area contributed by atoms with Gasteiger partial charge in [-0.3, -0.25) is 9.36 Å². The predicted octanol–water partition coefficient (Wildman–Crippen LogP) is 12.3. The van der Waals surface area contributed by atoms with Gasteiger partial charge in [-0.2, -0.15) is 0 Å². The highest BCUT2D eigenvalue weighted by Crippen LogP contribution is 2.61. The normalized spacial score (nSPS) is 11.8. The number of phenols is 1. The maximum absolute atomic E-state index is 11.8. The van der Waals surface area contributed by atoms with Crippen LogP contribution in [0, 0.1) is 20.8 Å². The fourth-order valence-electron chi connectivity index (χ4n) is 6.17. The number of halogens is 4. The van der Waals surface area contributed by atoms with Gasteiger partial charge < -0.3 is 24.9 Å². The van der Waals surface area contributed by atoms with Gasteiger partial charge in [-0.1, -0.05) is 103 Å². The van der Waals surface area contributed by atoms with Crippen LogP contribution in [0.25, 0.3) is 21.5 Å². The monoisotopic (exact) mass is 863 g/mol. The molecule has 8 nitrogen and oxygen atoms in total. The second-order valence-electron chi connectivity index (χ2n) is 13.1. The lowest BCUT2D eigenvalue weighted by Crippen LogP contribution is -2.23. The highest BCUT2D eigenvalue weighted by molar-refractivity contribution is 8.24. The molecule has 1 aliphatic rings. The fourth-order valence-corrected chi connectivity index (χ4v) is 6.39. The minimum atomic E-state index is -3.22. The Morgan fingerprint density at radius 3 is 1.81 bits per heavy atom. The van der Waals surface area contributed by atoms with Crippen molar-refractivity contribution < 1.29 is 19.1 Å². The number of hydrogen-bond acceptors (Lipinski definition) is 7. The van der Waals surface area contributed by atoms with Gasteiger partial charge in [0.1, 0.15) is 35.6 Å². The third kappa shape index (κ3) is 12.7. The zero-order chi connectivity index (χ0) is 41.0. The number of phenolic OH excluding ortho intramolecular Hbond substituents is 1. The molecule has 0 radical (unpaired) electrons. The molecule has 1 aliphatic heterocycles. The molecule has 2 aromatic heterocycles. The van der Waals surface area contributed by atoms with Crippen molar-refractivity contribution in [3.8, 4) is 17.2 Å². The molecule has 7 aromatic rings. The first-order valence-corrected chi connectivity index (χ1v) is 22.8. The van der Waals surface area contributed by atoms with E-state index in [1.165, 1.54) is 5.56 Å². The van der Waals surface area contributed by atoms with Crippen LogP contribution in [0.1, 0.15) is 38.9 Å². The van der Waals surface area contributed by atoms with E-state index < -0.39 is 5.20 Å². The number of rotatable bonds is 6. The number of hydrogen-bond donors (Lipinski definition) is 3. The van der Waals surface area contributed by atoms with E-state index in [0.717, 1.165) is 80.5 Å². The third-order valence-corrected chi connectivity index (χ3v) is 9.35. The summed E-state index contributed by atoms with van der Waals surface area (Å²) in [6, 6.07) is 35.7. The van der Waals surface area contributed by atoms with E-state index in [-0.39, 0.29) is 5.56 Å². The molecule has 0 saturated carbocycles. The zero-order valence-electron chi connectivity index (χ0n) is 31.6. The Kier molecular flexibility index (Phi) is 15.9. The number of aromatic hydroxyl groups is 1. The number of nitrogens with one attached hydrogen (secondary N) is 2. The van der Waals surface area contributed by atoms with Crippen molar-refractivity contribution in [1.82, 2.24) is 15.3 Å². The van der Waals surface area contributed by atoms with Crippen LogP contribution in [0.2, 0.25) is 5.15 Å². The largest absolute Gasteiger partial charge is 0.507 e. The van der Waals surface area contributed by atoms with E-state index in [9.17, 15) is 14.5 Å². The smallest absolute Gasteiger partial charge is 0.339 e. The van der Waals surface area contributed by atoms with Crippen LogP contribution in [-0.2, 0) is 30.7 Å². The van der Waals surface area contributed by atoms with Crippen molar-refractivity contribution >= 4 is 72.1 Å². The third-order valence-electron chi connectivity index (χ3n) is 9.05. The number of aromatic amines is 1. The first-order chi connectivity index (χ1) is 27.3. The Morgan fingerprint density at radius 1 is 0.702 bits per heavy atom. The van der Waals surface area contributed by atoms with Crippen molar-refractivity contribution in [3.05, 3.63) is 176 Å². The quantitative estimate of drug-likeness (QED) is 0.113. The van der Waals surface area contributed by atoms with E-state index in [2.05, 4.69) is 67.2 Å². The molecule has 0 unspecified atom stereocenters. The number of H-pyrrole nitrogens is 1. The first-order valence-electron chi connectivity index (χ1n) is 18.0. The first kappa shape index (κ1) is 43.6. The molecule has 0 amide bonds. The number of benzene rings is 5. The predicted molar refractivity (Wildman–Crippen MR) is 236 cm³/mol. The van der Waals surface area contributed by atoms with E-state index in [0.29, 0.717) is 29.5 Å². The molecule has 8 rings (SSSR count). The lowest BCUT2D eigenvalue weighted by atomic mass is 9.97. The summed E-state index contributed by atoms with van der Waals surface area (Å²) in [7, 11) is 0. The maximum Gasteiger partial charge on any atom is 0.339 e. The number of aryl methyl sites for hydroxylation is 3. The average Bonchev–Trinajstić information content (AvgIpc) is 3.19. The van der Waals surface area contributed by atoms with Crippen LogP contribution in [-0.4, -0.2) is 21.6 Å². The Hall–Kier alpha value is -4.53. The summed E-state index contributed by atoms with van der Waals surface area (Å²) < 4.78 is 21.5. The maximum atomic E-state index is 11.8. The topological polar surface area (TPSA) is 114 Å². The van der Waals surface area contributed by atoms with Crippen molar-refractivity contribution in [1.29, 1.82) is 0 Å². The second-order valence-corrected chi connectivity index (χ2v) is 20.1. The zero-order valence-corrected chi connectivity index (χ0v) is 35.5. The molecule has 3 heterocycles. The molecule has 0 bridgehead atoms. The van der Waals surface area contributed by atoms with Gasteiger partial charge in [-0.25, -0.2) is 4.98 Å². The van der Waals surface area contributed by atoms with E-state index >= 15 is 0 Å². The van der Waals surface area contributed by atoms with Crippen LogP contribution in [0.3, 0.4) is 0 Å². The minimum Gasteiger partial charge on any atom is -0.507 e. The van der Waals surface area contributed by atoms with E-state index in [4.69, 9.17) is 21.1 Å². The van der Waals surface area contributed by atoms with Crippen molar-refractivity contribution in [2.75, 3.05) is 6.54 Å². The number of ether oxygens (including phenoxy) is 2. The van der Waals surface area contributed by atoms with E-state index in [1.807, 2.05) is 112 Å². The lowest BCUT2D eigenvalue weighted by molar-refractivity contribution is 0.308. The molecule has 0 fully saturated rings. The molecule has 0 saturated heterocycles. The molecule has 57 heavy (non-hydrogen) atoms. The Labute approximate surface area is 351 Å².